The molecule has 7 heteroatoms. The molecule has 0 spiro atoms. The van der Waals surface area contributed by atoms with Gasteiger partial charge in [-0.3, -0.25) is 4.90 Å². The van der Waals surface area contributed by atoms with E-state index in [0.29, 0.717) is 23.3 Å². The van der Waals surface area contributed by atoms with Crippen LogP contribution >= 0.6 is 27.3 Å². The Morgan fingerprint density at radius 1 is 1.21 bits per heavy atom. The number of hydrogen-bond acceptors (Lipinski definition) is 4. The maximum Gasteiger partial charge on any atom is 0.252 e. The minimum Gasteiger partial charge on any atom is -0.298 e. The van der Waals surface area contributed by atoms with Crippen LogP contribution in [0, 0.1) is 0 Å². The predicted molar refractivity (Wildman–Crippen MR) is 80.0 cm³/mol. The fourth-order valence-electron chi connectivity index (χ4n) is 2.91. The van der Waals surface area contributed by atoms with Gasteiger partial charge in [-0.1, -0.05) is 6.42 Å². The van der Waals surface area contributed by atoms with Crippen LogP contribution < -0.4 is 0 Å². The van der Waals surface area contributed by atoms with Crippen molar-refractivity contribution >= 4 is 37.3 Å². The van der Waals surface area contributed by atoms with Gasteiger partial charge in [0.1, 0.15) is 4.21 Å². The highest BCUT2D eigenvalue weighted by molar-refractivity contribution is 9.11. The number of halogens is 1. The summed E-state index contributed by atoms with van der Waals surface area (Å²) in [6, 6.07) is 3.91. The molecule has 0 aromatic carbocycles. The van der Waals surface area contributed by atoms with Crippen LogP contribution in [0.2, 0.25) is 0 Å². The van der Waals surface area contributed by atoms with Crippen molar-refractivity contribution in [3.8, 4) is 0 Å². The van der Waals surface area contributed by atoms with E-state index in [1.54, 1.807) is 16.4 Å². The monoisotopic (exact) mass is 364 g/mol. The first-order valence-corrected chi connectivity index (χ1v) is 9.62. The molecule has 0 saturated carbocycles. The summed E-state index contributed by atoms with van der Waals surface area (Å²) in [5.74, 6) is 0. The molecule has 2 aliphatic heterocycles. The van der Waals surface area contributed by atoms with Crippen molar-refractivity contribution in [2.75, 3.05) is 26.2 Å². The molecule has 0 amide bonds. The summed E-state index contributed by atoms with van der Waals surface area (Å²) in [5, 5.41) is 0. The quantitative estimate of drug-likeness (QED) is 0.808. The summed E-state index contributed by atoms with van der Waals surface area (Å²) in [5.41, 5.74) is 0. The normalized spacial score (nSPS) is 26.3. The molecule has 1 aromatic heterocycles. The van der Waals surface area contributed by atoms with E-state index in [4.69, 9.17) is 0 Å². The zero-order valence-electron chi connectivity index (χ0n) is 10.6. The van der Waals surface area contributed by atoms with Crippen molar-refractivity contribution < 1.29 is 8.42 Å². The van der Waals surface area contributed by atoms with Gasteiger partial charge in [0.15, 0.2) is 0 Å². The van der Waals surface area contributed by atoms with Gasteiger partial charge in [-0.15, -0.1) is 11.3 Å². The standard InChI is InChI=1S/C12H17BrN2O2S2/c13-11-4-5-12(18-11)19(16,17)15-8-7-14-6-2-1-3-10(14)9-15/h4-5,10H,1-3,6-9H2. The van der Waals surface area contributed by atoms with Gasteiger partial charge in [-0.2, -0.15) is 4.31 Å². The van der Waals surface area contributed by atoms with Crippen molar-refractivity contribution in [3.05, 3.63) is 15.9 Å². The average Bonchev–Trinajstić information content (AvgIpc) is 2.85. The first-order chi connectivity index (χ1) is 9.07. The molecule has 0 N–H and O–H groups in total. The maximum absolute atomic E-state index is 12.6. The molecule has 19 heavy (non-hydrogen) atoms. The molecule has 2 aliphatic rings. The Balaban J connectivity index is 1.79. The van der Waals surface area contributed by atoms with E-state index in [-0.39, 0.29) is 0 Å². The lowest BCUT2D eigenvalue weighted by atomic mass is 10.0. The summed E-state index contributed by atoms with van der Waals surface area (Å²) in [6.07, 6.45) is 3.60. The van der Waals surface area contributed by atoms with E-state index in [0.717, 1.165) is 23.3 Å². The average molecular weight is 365 g/mol. The number of piperazine rings is 1. The highest BCUT2D eigenvalue weighted by atomic mass is 79.9. The summed E-state index contributed by atoms with van der Waals surface area (Å²) < 4.78 is 28.1. The zero-order chi connectivity index (χ0) is 13.5. The van der Waals surface area contributed by atoms with Gasteiger partial charge in [-0.25, -0.2) is 8.42 Å². The first-order valence-electron chi connectivity index (χ1n) is 6.57. The summed E-state index contributed by atoms with van der Waals surface area (Å²) in [7, 11) is -3.30. The second-order valence-electron chi connectivity index (χ2n) is 5.11. The number of hydrogen-bond donors (Lipinski definition) is 0. The Bertz CT molecular complexity index is 558. The van der Waals surface area contributed by atoms with Crippen LogP contribution in [0.5, 0.6) is 0 Å². The number of rotatable bonds is 2. The number of piperidine rings is 1. The molecular formula is C12H17BrN2O2S2. The van der Waals surface area contributed by atoms with Gasteiger partial charge in [0.05, 0.1) is 3.79 Å². The van der Waals surface area contributed by atoms with Crippen molar-refractivity contribution in [1.82, 2.24) is 9.21 Å². The third-order valence-electron chi connectivity index (χ3n) is 3.94. The van der Waals surface area contributed by atoms with Gasteiger partial charge >= 0.3 is 0 Å². The molecule has 3 rings (SSSR count). The van der Waals surface area contributed by atoms with Crippen LogP contribution in [0.4, 0.5) is 0 Å². The van der Waals surface area contributed by atoms with Crippen LogP contribution in [0.15, 0.2) is 20.1 Å². The smallest absolute Gasteiger partial charge is 0.252 e. The molecule has 0 radical (unpaired) electrons. The second-order valence-corrected chi connectivity index (χ2v) is 9.73. The van der Waals surface area contributed by atoms with Crippen LogP contribution in [0.1, 0.15) is 19.3 Å². The second kappa shape index (κ2) is 5.44. The molecule has 0 bridgehead atoms. The third kappa shape index (κ3) is 2.76. The predicted octanol–water partition coefficient (Wildman–Crippen LogP) is 2.37. The van der Waals surface area contributed by atoms with Gasteiger partial charge in [-0.05, 0) is 47.4 Å². The van der Waals surface area contributed by atoms with Gasteiger partial charge in [0.25, 0.3) is 10.0 Å². The number of thiophene rings is 1. The summed E-state index contributed by atoms with van der Waals surface area (Å²) in [4.78, 5) is 2.44. The molecule has 2 fully saturated rings. The molecular weight excluding hydrogens is 348 g/mol. The minimum atomic E-state index is -3.30. The Morgan fingerprint density at radius 2 is 2.05 bits per heavy atom. The minimum absolute atomic E-state index is 0.417. The maximum atomic E-state index is 12.6. The van der Waals surface area contributed by atoms with Gasteiger partial charge in [0.2, 0.25) is 0 Å². The Labute approximate surface area is 126 Å². The molecule has 106 valence electrons. The van der Waals surface area contributed by atoms with Crippen LogP contribution in [-0.2, 0) is 10.0 Å². The molecule has 1 atom stereocenters. The largest absolute Gasteiger partial charge is 0.298 e. The fraction of sp³-hybridized carbons (Fsp3) is 0.667. The van der Waals surface area contributed by atoms with Crippen LogP contribution in [0.3, 0.4) is 0 Å². The number of fused-ring (bicyclic) bond motifs is 1. The van der Waals surface area contributed by atoms with Crippen molar-refractivity contribution in [3.63, 3.8) is 0 Å². The lowest BCUT2D eigenvalue weighted by Gasteiger charge is -2.43. The number of nitrogens with zero attached hydrogens (tertiary/aromatic N) is 2. The zero-order valence-corrected chi connectivity index (χ0v) is 13.8. The van der Waals surface area contributed by atoms with Gasteiger partial charge in [0, 0.05) is 25.7 Å². The Hall–Kier alpha value is 0.0500. The van der Waals surface area contributed by atoms with E-state index in [1.165, 1.54) is 24.2 Å². The van der Waals surface area contributed by atoms with E-state index in [1.807, 2.05) is 0 Å². The summed E-state index contributed by atoms with van der Waals surface area (Å²) in [6.45, 7) is 3.27. The lowest BCUT2D eigenvalue weighted by molar-refractivity contribution is 0.0852. The topological polar surface area (TPSA) is 40.6 Å². The summed E-state index contributed by atoms with van der Waals surface area (Å²) >= 11 is 4.62. The number of sulfonamides is 1. The van der Waals surface area contributed by atoms with Crippen molar-refractivity contribution in [2.45, 2.75) is 29.5 Å². The SMILES string of the molecule is O=S(=O)(c1ccc(Br)s1)N1CCN2CCCCC2C1. The van der Waals surface area contributed by atoms with E-state index in [2.05, 4.69) is 20.8 Å². The lowest BCUT2D eigenvalue weighted by Crippen LogP contribution is -2.55. The Morgan fingerprint density at radius 3 is 2.79 bits per heavy atom. The first kappa shape index (κ1) is 14.0. The molecule has 3 heterocycles. The highest BCUT2D eigenvalue weighted by Crippen LogP contribution is 2.30. The van der Waals surface area contributed by atoms with Crippen molar-refractivity contribution in [2.24, 2.45) is 0 Å². The molecule has 1 aromatic rings. The molecule has 1 unspecified atom stereocenters. The van der Waals surface area contributed by atoms with Crippen molar-refractivity contribution in [1.29, 1.82) is 0 Å². The van der Waals surface area contributed by atoms with Crippen LogP contribution in [-0.4, -0.2) is 49.8 Å². The van der Waals surface area contributed by atoms with Crippen LogP contribution in [0.25, 0.3) is 0 Å². The Kier molecular flexibility index (Phi) is 4.01. The molecule has 0 aliphatic carbocycles. The van der Waals surface area contributed by atoms with E-state index >= 15 is 0 Å². The fourth-order valence-corrected chi connectivity index (χ4v) is 6.54. The van der Waals surface area contributed by atoms with Gasteiger partial charge < -0.3 is 0 Å². The van der Waals surface area contributed by atoms with E-state index < -0.39 is 10.0 Å². The highest BCUT2D eigenvalue weighted by Gasteiger charge is 2.35. The van der Waals surface area contributed by atoms with E-state index in [9.17, 15) is 8.42 Å². The third-order valence-corrected chi connectivity index (χ3v) is 7.90. The molecule has 4 nitrogen and oxygen atoms in total. The molecule has 2 saturated heterocycles.